The van der Waals surface area contributed by atoms with Crippen LogP contribution in [-0.2, 0) is 0 Å². The highest BCUT2D eigenvalue weighted by Crippen LogP contribution is 2.29. The molecule has 0 nitrogen and oxygen atoms in total. The molecule has 0 bridgehead atoms. The Labute approximate surface area is 84.0 Å². The molecule has 1 aromatic rings. The van der Waals surface area contributed by atoms with Crippen LogP contribution in [-0.4, -0.2) is 0 Å². The maximum atomic E-state index is 13.5. The maximum absolute atomic E-state index is 13.5. The summed E-state index contributed by atoms with van der Waals surface area (Å²) in [4.78, 5) is 0. The second kappa shape index (κ2) is 4.07. The van der Waals surface area contributed by atoms with Gasteiger partial charge in [0.25, 0.3) is 0 Å². The summed E-state index contributed by atoms with van der Waals surface area (Å²) in [6, 6.07) is 2.39. The minimum atomic E-state index is -0.490. The molecule has 0 atom stereocenters. The van der Waals surface area contributed by atoms with E-state index in [1.54, 1.807) is 0 Å². The molecule has 0 N–H and O–H groups in total. The zero-order valence-electron chi connectivity index (χ0n) is 9.07. The van der Waals surface area contributed by atoms with E-state index in [0.717, 1.165) is 11.6 Å². The molecule has 1 rings (SSSR count). The van der Waals surface area contributed by atoms with Gasteiger partial charge in [0.1, 0.15) is 11.6 Å². The van der Waals surface area contributed by atoms with Crippen LogP contribution in [0.25, 0.3) is 0 Å². The SMILES string of the molecule is CC(C)c1cc(F)cc(F)c1C(C)C. The first kappa shape index (κ1) is 11.2. The predicted octanol–water partition coefficient (Wildman–Crippen LogP) is 4.21. The minimum Gasteiger partial charge on any atom is -0.207 e. The Morgan fingerprint density at radius 3 is 1.93 bits per heavy atom. The van der Waals surface area contributed by atoms with Gasteiger partial charge < -0.3 is 0 Å². The van der Waals surface area contributed by atoms with Gasteiger partial charge in [-0.2, -0.15) is 0 Å². The zero-order valence-corrected chi connectivity index (χ0v) is 9.07. The zero-order chi connectivity index (χ0) is 10.9. The molecule has 2 heteroatoms. The van der Waals surface area contributed by atoms with Crippen LogP contribution in [0.4, 0.5) is 8.78 Å². The van der Waals surface area contributed by atoms with E-state index in [0.29, 0.717) is 5.56 Å². The van der Waals surface area contributed by atoms with E-state index < -0.39 is 11.6 Å². The van der Waals surface area contributed by atoms with Gasteiger partial charge in [-0.15, -0.1) is 0 Å². The van der Waals surface area contributed by atoms with Gasteiger partial charge in [0.05, 0.1) is 0 Å². The molecule has 0 aliphatic carbocycles. The Bertz CT molecular complexity index is 327. The summed E-state index contributed by atoms with van der Waals surface area (Å²) in [5.74, 6) is -0.676. The summed E-state index contributed by atoms with van der Waals surface area (Å²) >= 11 is 0. The molecular weight excluding hydrogens is 182 g/mol. The molecule has 0 saturated carbocycles. The Hall–Kier alpha value is -0.920. The summed E-state index contributed by atoms with van der Waals surface area (Å²) in [5.41, 5.74) is 1.42. The van der Waals surface area contributed by atoms with Gasteiger partial charge in [0.15, 0.2) is 0 Å². The highest BCUT2D eigenvalue weighted by molar-refractivity contribution is 5.34. The normalized spacial score (nSPS) is 11.4. The van der Waals surface area contributed by atoms with E-state index in [2.05, 4.69) is 0 Å². The summed E-state index contributed by atoms with van der Waals surface area (Å²) in [6.45, 7) is 7.73. The predicted molar refractivity (Wildman–Crippen MR) is 54.5 cm³/mol. The van der Waals surface area contributed by atoms with Crippen molar-refractivity contribution in [2.45, 2.75) is 39.5 Å². The molecule has 14 heavy (non-hydrogen) atoms. The highest BCUT2D eigenvalue weighted by atomic mass is 19.1. The van der Waals surface area contributed by atoms with Crippen LogP contribution in [0.3, 0.4) is 0 Å². The van der Waals surface area contributed by atoms with Crippen molar-refractivity contribution in [3.63, 3.8) is 0 Å². The lowest BCUT2D eigenvalue weighted by Crippen LogP contribution is -2.03. The van der Waals surface area contributed by atoms with E-state index in [1.165, 1.54) is 6.07 Å². The lowest BCUT2D eigenvalue weighted by molar-refractivity contribution is 0.555. The summed E-state index contributed by atoms with van der Waals surface area (Å²) < 4.78 is 26.5. The fourth-order valence-corrected chi connectivity index (χ4v) is 1.69. The molecule has 1 aromatic carbocycles. The average Bonchev–Trinajstić information content (AvgIpc) is 2.01. The van der Waals surface area contributed by atoms with Crippen molar-refractivity contribution in [2.75, 3.05) is 0 Å². The minimum absolute atomic E-state index is 0.0907. The van der Waals surface area contributed by atoms with E-state index in [9.17, 15) is 8.78 Å². The van der Waals surface area contributed by atoms with Gasteiger partial charge in [0.2, 0.25) is 0 Å². The first-order chi connectivity index (χ1) is 6.43. The lowest BCUT2D eigenvalue weighted by atomic mass is 9.90. The standard InChI is InChI=1S/C12H16F2/c1-7(2)10-5-9(13)6-11(14)12(10)8(3)4/h5-8H,1-4H3. The molecule has 0 unspecified atom stereocenters. The number of halogens is 2. The second-order valence-corrected chi connectivity index (χ2v) is 4.20. The van der Waals surface area contributed by atoms with Crippen molar-refractivity contribution in [2.24, 2.45) is 0 Å². The third-order valence-corrected chi connectivity index (χ3v) is 2.33. The van der Waals surface area contributed by atoms with Crippen molar-refractivity contribution < 1.29 is 8.78 Å². The first-order valence-electron chi connectivity index (χ1n) is 4.92. The Balaban J connectivity index is 3.37. The van der Waals surface area contributed by atoms with Gasteiger partial charge in [0, 0.05) is 6.07 Å². The fraction of sp³-hybridized carbons (Fsp3) is 0.500. The van der Waals surface area contributed by atoms with E-state index in [4.69, 9.17) is 0 Å². The van der Waals surface area contributed by atoms with Crippen LogP contribution in [0.1, 0.15) is 50.7 Å². The Morgan fingerprint density at radius 1 is 0.929 bits per heavy atom. The van der Waals surface area contributed by atoms with E-state index in [-0.39, 0.29) is 11.8 Å². The van der Waals surface area contributed by atoms with Crippen LogP contribution in [0.5, 0.6) is 0 Å². The molecule has 0 fully saturated rings. The molecule has 0 amide bonds. The van der Waals surface area contributed by atoms with E-state index >= 15 is 0 Å². The first-order valence-corrected chi connectivity index (χ1v) is 4.92. The van der Waals surface area contributed by atoms with Crippen LogP contribution in [0.2, 0.25) is 0 Å². The number of rotatable bonds is 2. The topological polar surface area (TPSA) is 0 Å². The molecular formula is C12H16F2. The quantitative estimate of drug-likeness (QED) is 0.667. The molecule has 0 heterocycles. The lowest BCUT2D eigenvalue weighted by Gasteiger charge is -2.16. The van der Waals surface area contributed by atoms with Crippen molar-refractivity contribution in [3.05, 3.63) is 34.9 Å². The van der Waals surface area contributed by atoms with Crippen LogP contribution in [0.15, 0.2) is 12.1 Å². The van der Waals surface area contributed by atoms with Crippen molar-refractivity contribution in [3.8, 4) is 0 Å². The van der Waals surface area contributed by atoms with Gasteiger partial charge in [-0.05, 0) is 29.0 Å². The third kappa shape index (κ3) is 2.11. The molecule has 0 saturated heterocycles. The van der Waals surface area contributed by atoms with Crippen LogP contribution in [0, 0.1) is 11.6 Å². The highest BCUT2D eigenvalue weighted by Gasteiger charge is 2.16. The molecule has 0 spiro atoms. The van der Waals surface area contributed by atoms with Gasteiger partial charge in [-0.3, -0.25) is 0 Å². The molecule has 0 aromatic heterocycles. The number of hydrogen-bond acceptors (Lipinski definition) is 0. The molecule has 0 aliphatic heterocycles. The number of benzene rings is 1. The third-order valence-electron chi connectivity index (χ3n) is 2.33. The van der Waals surface area contributed by atoms with Crippen molar-refractivity contribution >= 4 is 0 Å². The smallest absolute Gasteiger partial charge is 0.129 e. The van der Waals surface area contributed by atoms with Gasteiger partial charge in [-0.25, -0.2) is 8.78 Å². The van der Waals surface area contributed by atoms with E-state index in [1.807, 2.05) is 27.7 Å². The number of hydrogen-bond donors (Lipinski definition) is 0. The second-order valence-electron chi connectivity index (χ2n) is 4.20. The van der Waals surface area contributed by atoms with Gasteiger partial charge in [-0.1, -0.05) is 27.7 Å². The van der Waals surface area contributed by atoms with Gasteiger partial charge >= 0.3 is 0 Å². The summed E-state index contributed by atoms with van der Waals surface area (Å²) in [7, 11) is 0. The molecule has 78 valence electrons. The van der Waals surface area contributed by atoms with Crippen molar-refractivity contribution in [1.82, 2.24) is 0 Å². The summed E-state index contributed by atoms with van der Waals surface area (Å²) in [5, 5.41) is 0. The van der Waals surface area contributed by atoms with Crippen LogP contribution < -0.4 is 0 Å². The Morgan fingerprint density at radius 2 is 1.50 bits per heavy atom. The van der Waals surface area contributed by atoms with Crippen molar-refractivity contribution in [1.29, 1.82) is 0 Å². The van der Waals surface area contributed by atoms with Crippen LogP contribution >= 0.6 is 0 Å². The molecule has 0 aliphatic rings. The monoisotopic (exact) mass is 198 g/mol. The molecule has 0 radical (unpaired) electrons. The maximum Gasteiger partial charge on any atom is 0.129 e. The Kier molecular flexibility index (Phi) is 3.25. The average molecular weight is 198 g/mol. The summed E-state index contributed by atoms with van der Waals surface area (Å²) in [6.07, 6.45) is 0. The largest absolute Gasteiger partial charge is 0.207 e. The fourth-order valence-electron chi connectivity index (χ4n) is 1.69.